The smallest absolute Gasteiger partial charge is 0.332 e. The first kappa shape index (κ1) is 13.4. The molecular weight excluding hydrogens is 184 g/mol. The number of ether oxygens (including phenoxy) is 1. The number of hydrogen-bond donors (Lipinski definition) is 2. The fourth-order valence-corrected chi connectivity index (χ4v) is 1.15. The van der Waals surface area contributed by atoms with Crippen molar-refractivity contribution in [3.8, 4) is 0 Å². The SMILES string of the molecule is CCCCCC(OCCCO)C(=O)O. The maximum absolute atomic E-state index is 10.7. The molecule has 14 heavy (non-hydrogen) atoms. The Labute approximate surface area is 84.9 Å². The molecule has 0 fully saturated rings. The molecule has 1 atom stereocenters. The van der Waals surface area contributed by atoms with E-state index >= 15 is 0 Å². The number of unbranched alkanes of at least 4 members (excludes halogenated alkanes) is 2. The van der Waals surface area contributed by atoms with Gasteiger partial charge in [0.2, 0.25) is 0 Å². The molecule has 0 aliphatic carbocycles. The van der Waals surface area contributed by atoms with Crippen molar-refractivity contribution in [2.45, 2.75) is 45.1 Å². The molecule has 0 aromatic carbocycles. The molecule has 0 spiro atoms. The Kier molecular flexibility index (Phi) is 8.57. The minimum Gasteiger partial charge on any atom is -0.479 e. The molecule has 0 rings (SSSR count). The van der Waals surface area contributed by atoms with E-state index in [2.05, 4.69) is 6.92 Å². The highest BCUT2D eigenvalue weighted by atomic mass is 16.5. The normalized spacial score (nSPS) is 12.7. The average Bonchev–Trinajstić information content (AvgIpc) is 2.15. The zero-order valence-corrected chi connectivity index (χ0v) is 8.74. The summed E-state index contributed by atoms with van der Waals surface area (Å²) in [5.41, 5.74) is 0. The minimum atomic E-state index is -0.904. The van der Waals surface area contributed by atoms with Gasteiger partial charge in [0.1, 0.15) is 0 Å². The van der Waals surface area contributed by atoms with Crippen LogP contribution in [0.25, 0.3) is 0 Å². The van der Waals surface area contributed by atoms with Crippen LogP contribution in [0.15, 0.2) is 0 Å². The van der Waals surface area contributed by atoms with Crippen molar-refractivity contribution in [1.82, 2.24) is 0 Å². The summed E-state index contributed by atoms with van der Waals surface area (Å²) in [5.74, 6) is -0.904. The van der Waals surface area contributed by atoms with Crippen molar-refractivity contribution in [3.05, 3.63) is 0 Å². The molecule has 0 aromatic heterocycles. The van der Waals surface area contributed by atoms with Gasteiger partial charge in [0.25, 0.3) is 0 Å². The van der Waals surface area contributed by atoms with Gasteiger partial charge < -0.3 is 14.9 Å². The standard InChI is InChI=1S/C10H20O4/c1-2-3-4-6-9(10(12)13)14-8-5-7-11/h9,11H,2-8H2,1H3,(H,12,13). The van der Waals surface area contributed by atoms with Crippen LogP contribution in [0, 0.1) is 0 Å². The lowest BCUT2D eigenvalue weighted by Gasteiger charge is -2.12. The van der Waals surface area contributed by atoms with Crippen LogP contribution in [0.2, 0.25) is 0 Å². The van der Waals surface area contributed by atoms with Gasteiger partial charge in [-0.3, -0.25) is 0 Å². The van der Waals surface area contributed by atoms with Gasteiger partial charge in [-0.2, -0.15) is 0 Å². The predicted octanol–water partition coefficient (Wildman–Crippen LogP) is 1.42. The third kappa shape index (κ3) is 6.86. The Hall–Kier alpha value is -0.610. The molecule has 0 saturated heterocycles. The number of aliphatic hydroxyl groups excluding tert-OH is 1. The van der Waals surface area contributed by atoms with Crippen LogP contribution >= 0.6 is 0 Å². The van der Waals surface area contributed by atoms with Crippen molar-refractivity contribution in [2.75, 3.05) is 13.2 Å². The largest absolute Gasteiger partial charge is 0.479 e. The lowest BCUT2D eigenvalue weighted by molar-refractivity contribution is -0.151. The van der Waals surface area contributed by atoms with Crippen LogP contribution in [0.3, 0.4) is 0 Å². The lowest BCUT2D eigenvalue weighted by atomic mass is 10.1. The van der Waals surface area contributed by atoms with Crippen LogP contribution in [-0.4, -0.2) is 35.5 Å². The third-order valence-corrected chi connectivity index (χ3v) is 1.97. The number of aliphatic hydroxyl groups is 1. The second-order valence-electron chi connectivity index (χ2n) is 3.27. The lowest BCUT2D eigenvalue weighted by Crippen LogP contribution is -2.24. The van der Waals surface area contributed by atoms with E-state index in [1.165, 1.54) is 0 Å². The molecule has 0 radical (unpaired) electrons. The molecular formula is C10H20O4. The van der Waals surface area contributed by atoms with Crippen molar-refractivity contribution >= 4 is 5.97 Å². The van der Waals surface area contributed by atoms with Crippen molar-refractivity contribution < 1.29 is 19.7 Å². The quantitative estimate of drug-likeness (QED) is 0.557. The highest BCUT2D eigenvalue weighted by Gasteiger charge is 2.16. The molecule has 2 N–H and O–H groups in total. The molecule has 84 valence electrons. The van der Waals surface area contributed by atoms with Gasteiger partial charge in [0, 0.05) is 13.2 Å². The first-order valence-electron chi connectivity index (χ1n) is 5.17. The maximum atomic E-state index is 10.7. The highest BCUT2D eigenvalue weighted by Crippen LogP contribution is 2.07. The number of aliphatic carboxylic acids is 1. The minimum absolute atomic E-state index is 0.0430. The van der Waals surface area contributed by atoms with Crippen LogP contribution < -0.4 is 0 Å². The van der Waals surface area contributed by atoms with E-state index in [0.717, 1.165) is 19.3 Å². The number of carbonyl (C=O) groups is 1. The van der Waals surface area contributed by atoms with Gasteiger partial charge in [-0.1, -0.05) is 26.2 Å². The maximum Gasteiger partial charge on any atom is 0.332 e. The topological polar surface area (TPSA) is 66.8 Å². The van der Waals surface area contributed by atoms with Crippen LogP contribution in [0.4, 0.5) is 0 Å². The first-order valence-corrected chi connectivity index (χ1v) is 5.17. The van der Waals surface area contributed by atoms with E-state index in [1.807, 2.05) is 0 Å². The number of hydrogen-bond acceptors (Lipinski definition) is 3. The summed E-state index contributed by atoms with van der Waals surface area (Å²) in [6, 6.07) is 0. The Morgan fingerprint density at radius 3 is 2.57 bits per heavy atom. The van der Waals surface area contributed by atoms with Gasteiger partial charge in [-0.25, -0.2) is 4.79 Å². The summed E-state index contributed by atoms with van der Waals surface area (Å²) in [5, 5.41) is 17.3. The Balaban J connectivity index is 3.61. The fourth-order valence-electron chi connectivity index (χ4n) is 1.15. The van der Waals surface area contributed by atoms with Crippen LogP contribution in [0.5, 0.6) is 0 Å². The van der Waals surface area contributed by atoms with E-state index < -0.39 is 12.1 Å². The predicted molar refractivity (Wildman–Crippen MR) is 53.2 cm³/mol. The van der Waals surface area contributed by atoms with Gasteiger partial charge in [-0.05, 0) is 12.8 Å². The highest BCUT2D eigenvalue weighted by molar-refractivity contribution is 5.72. The zero-order chi connectivity index (χ0) is 10.8. The summed E-state index contributed by atoms with van der Waals surface area (Å²) < 4.78 is 5.13. The van der Waals surface area contributed by atoms with Gasteiger partial charge >= 0.3 is 5.97 Å². The number of carboxylic acids is 1. The summed E-state index contributed by atoms with van der Waals surface area (Å²) in [6.45, 7) is 2.43. The summed E-state index contributed by atoms with van der Waals surface area (Å²) >= 11 is 0. The molecule has 1 unspecified atom stereocenters. The van der Waals surface area contributed by atoms with Crippen molar-refractivity contribution in [1.29, 1.82) is 0 Å². The second kappa shape index (κ2) is 8.97. The fraction of sp³-hybridized carbons (Fsp3) is 0.900. The van der Waals surface area contributed by atoms with Crippen LogP contribution in [-0.2, 0) is 9.53 Å². The van der Waals surface area contributed by atoms with E-state index in [0.29, 0.717) is 19.4 Å². The molecule has 4 nitrogen and oxygen atoms in total. The van der Waals surface area contributed by atoms with Crippen LogP contribution in [0.1, 0.15) is 39.0 Å². The Morgan fingerprint density at radius 1 is 1.36 bits per heavy atom. The van der Waals surface area contributed by atoms with Crippen molar-refractivity contribution in [2.24, 2.45) is 0 Å². The molecule has 0 aliphatic rings. The van der Waals surface area contributed by atoms with Gasteiger partial charge in [0.05, 0.1) is 0 Å². The monoisotopic (exact) mass is 204 g/mol. The molecule has 0 aliphatic heterocycles. The van der Waals surface area contributed by atoms with Gasteiger partial charge in [-0.15, -0.1) is 0 Å². The van der Waals surface area contributed by atoms with E-state index in [4.69, 9.17) is 14.9 Å². The van der Waals surface area contributed by atoms with E-state index in [9.17, 15) is 4.79 Å². The first-order chi connectivity index (χ1) is 6.72. The molecule has 0 saturated carbocycles. The Bertz CT molecular complexity index is 137. The molecule has 0 aromatic rings. The van der Waals surface area contributed by atoms with E-state index in [1.54, 1.807) is 0 Å². The van der Waals surface area contributed by atoms with Gasteiger partial charge in [0.15, 0.2) is 6.10 Å². The zero-order valence-electron chi connectivity index (χ0n) is 8.74. The molecule has 0 amide bonds. The number of rotatable bonds is 9. The van der Waals surface area contributed by atoms with Crippen molar-refractivity contribution in [3.63, 3.8) is 0 Å². The Morgan fingerprint density at radius 2 is 2.07 bits per heavy atom. The second-order valence-corrected chi connectivity index (χ2v) is 3.27. The average molecular weight is 204 g/mol. The third-order valence-electron chi connectivity index (χ3n) is 1.97. The molecule has 0 heterocycles. The number of carboxylic acid groups (broad SMARTS) is 1. The summed E-state index contributed by atoms with van der Waals surface area (Å²) in [4.78, 5) is 10.7. The van der Waals surface area contributed by atoms with E-state index in [-0.39, 0.29) is 6.61 Å². The molecule has 0 bridgehead atoms. The summed E-state index contributed by atoms with van der Waals surface area (Å²) in [7, 11) is 0. The molecule has 4 heteroatoms. The summed E-state index contributed by atoms with van der Waals surface area (Å²) in [6.07, 6.45) is 3.35.